The molecule has 1 fully saturated rings. The second-order valence-electron chi connectivity index (χ2n) is 6.72. The van der Waals surface area contributed by atoms with E-state index in [1.807, 2.05) is 19.1 Å². The van der Waals surface area contributed by atoms with Crippen LogP contribution in [0.25, 0.3) is 0 Å². The van der Waals surface area contributed by atoms with E-state index in [1.54, 1.807) is 18.1 Å². The molecule has 1 aliphatic heterocycles. The van der Waals surface area contributed by atoms with Crippen LogP contribution in [0.5, 0.6) is 5.75 Å². The van der Waals surface area contributed by atoms with E-state index in [0.717, 1.165) is 5.56 Å². The molecule has 0 aromatic heterocycles. The van der Waals surface area contributed by atoms with E-state index in [0.29, 0.717) is 50.1 Å². The molecule has 1 aromatic rings. The molecule has 25 heavy (non-hydrogen) atoms. The first kappa shape index (κ1) is 19.2. The normalized spacial score (nSPS) is 20.4. The van der Waals surface area contributed by atoms with Crippen LogP contribution in [0.4, 0.5) is 0 Å². The largest absolute Gasteiger partial charge is 0.496 e. The number of aliphatic carboxylic acids is 1. The smallest absolute Gasteiger partial charge is 0.311 e. The van der Waals surface area contributed by atoms with Crippen molar-refractivity contribution in [1.29, 1.82) is 0 Å². The second kappa shape index (κ2) is 8.34. The molecule has 1 aliphatic rings. The topological polar surface area (TPSA) is 76.1 Å². The number of nitrogens with zero attached hydrogens (tertiary/aromatic N) is 1. The molecule has 0 aliphatic carbocycles. The van der Waals surface area contributed by atoms with Gasteiger partial charge in [0.05, 0.1) is 18.1 Å². The average molecular weight is 349 g/mol. The van der Waals surface area contributed by atoms with Gasteiger partial charge in [0.25, 0.3) is 5.91 Å². The van der Waals surface area contributed by atoms with Crippen LogP contribution in [-0.2, 0) is 9.53 Å². The lowest BCUT2D eigenvalue weighted by Crippen LogP contribution is -2.50. The van der Waals surface area contributed by atoms with E-state index in [4.69, 9.17) is 9.47 Å². The van der Waals surface area contributed by atoms with Crippen molar-refractivity contribution in [2.75, 3.05) is 33.9 Å². The predicted octanol–water partition coefficient (Wildman–Crippen LogP) is 2.74. The van der Waals surface area contributed by atoms with Crippen molar-refractivity contribution >= 4 is 11.9 Å². The molecule has 1 saturated heterocycles. The second-order valence-corrected chi connectivity index (χ2v) is 6.72. The van der Waals surface area contributed by atoms with Crippen molar-refractivity contribution in [2.24, 2.45) is 5.41 Å². The van der Waals surface area contributed by atoms with Crippen molar-refractivity contribution in [3.8, 4) is 5.75 Å². The summed E-state index contributed by atoms with van der Waals surface area (Å²) in [5.74, 6) is -0.484. The molecule has 1 heterocycles. The van der Waals surface area contributed by atoms with Crippen molar-refractivity contribution in [3.05, 3.63) is 29.3 Å². The number of likely N-dealkylation sites (tertiary alicyclic amines) is 1. The summed E-state index contributed by atoms with van der Waals surface area (Å²) in [5, 5.41) is 9.79. The molecule has 0 radical (unpaired) electrons. The number of carboxylic acid groups (broad SMARTS) is 1. The van der Waals surface area contributed by atoms with Gasteiger partial charge in [-0.15, -0.1) is 0 Å². The lowest BCUT2D eigenvalue weighted by molar-refractivity contribution is -0.152. The molecule has 0 spiro atoms. The monoisotopic (exact) mass is 349 g/mol. The van der Waals surface area contributed by atoms with Gasteiger partial charge in [-0.25, -0.2) is 0 Å². The molecule has 2 rings (SSSR count). The maximum atomic E-state index is 13.0. The van der Waals surface area contributed by atoms with Crippen molar-refractivity contribution in [2.45, 2.75) is 32.6 Å². The Bertz CT molecular complexity index is 630. The minimum Gasteiger partial charge on any atom is -0.496 e. The summed E-state index contributed by atoms with van der Waals surface area (Å²) in [5.41, 5.74) is 0.586. The Morgan fingerprint density at radius 1 is 1.32 bits per heavy atom. The standard InChI is InChI=1S/C19H27NO5/c1-14-6-7-15(16(12-14)25-3)17(21)20-10-4-8-19(13-20,18(22)23)9-5-11-24-2/h6-7,12H,4-5,8-11,13H2,1-3H3,(H,22,23)/t19-/m0/s1. The zero-order valence-electron chi connectivity index (χ0n) is 15.2. The summed E-state index contributed by atoms with van der Waals surface area (Å²) >= 11 is 0. The maximum Gasteiger partial charge on any atom is 0.311 e. The van der Waals surface area contributed by atoms with E-state index < -0.39 is 11.4 Å². The zero-order chi connectivity index (χ0) is 18.4. The summed E-state index contributed by atoms with van der Waals surface area (Å²) in [6.07, 6.45) is 2.43. The Kier molecular flexibility index (Phi) is 6.42. The van der Waals surface area contributed by atoms with E-state index in [-0.39, 0.29) is 12.5 Å². The highest BCUT2D eigenvalue weighted by atomic mass is 16.5. The van der Waals surface area contributed by atoms with Crippen LogP contribution >= 0.6 is 0 Å². The quantitative estimate of drug-likeness (QED) is 0.766. The number of carboxylic acids is 1. The first-order valence-corrected chi connectivity index (χ1v) is 8.60. The highest BCUT2D eigenvalue weighted by molar-refractivity contribution is 5.97. The van der Waals surface area contributed by atoms with E-state index in [2.05, 4.69) is 0 Å². The van der Waals surface area contributed by atoms with E-state index in [9.17, 15) is 14.7 Å². The van der Waals surface area contributed by atoms with Crippen LogP contribution in [0.3, 0.4) is 0 Å². The molecule has 6 heteroatoms. The van der Waals surface area contributed by atoms with Crippen LogP contribution in [0.2, 0.25) is 0 Å². The Labute approximate surface area is 148 Å². The third-order valence-corrected chi connectivity index (χ3v) is 4.91. The van der Waals surface area contributed by atoms with Crippen LogP contribution in [0.1, 0.15) is 41.6 Å². The first-order chi connectivity index (χ1) is 11.9. The fourth-order valence-corrected chi connectivity index (χ4v) is 3.49. The number of benzene rings is 1. The third kappa shape index (κ3) is 4.31. The summed E-state index contributed by atoms with van der Waals surface area (Å²) in [6, 6.07) is 5.43. The Hall–Kier alpha value is -2.08. The molecule has 0 unspecified atom stereocenters. The number of methoxy groups -OCH3 is 2. The summed E-state index contributed by atoms with van der Waals surface area (Å²) in [4.78, 5) is 26.5. The number of carbonyl (C=O) groups is 2. The number of hydrogen-bond donors (Lipinski definition) is 1. The minimum absolute atomic E-state index is 0.172. The van der Waals surface area contributed by atoms with Crippen LogP contribution < -0.4 is 4.74 Å². The lowest BCUT2D eigenvalue weighted by atomic mass is 9.76. The van der Waals surface area contributed by atoms with E-state index >= 15 is 0 Å². The molecule has 1 amide bonds. The van der Waals surface area contributed by atoms with Crippen molar-refractivity contribution < 1.29 is 24.2 Å². The van der Waals surface area contributed by atoms with Gasteiger partial charge in [-0.1, -0.05) is 6.07 Å². The molecule has 0 bridgehead atoms. The van der Waals surface area contributed by atoms with Gasteiger partial charge in [0.1, 0.15) is 5.75 Å². The number of hydrogen-bond acceptors (Lipinski definition) is 4. The van der Waals surface area contributed by atoms with Crippen LogP contribution in [-0.4, -0.2) is 55.8 Å². The van der Waals surface area contributed by atoms with Gasteiger partial charge in [-0.3, -0.25) is 9.59 Å². The Morgan fingerprint density at radius 3 is 2.72 bits per heavy atom. The molecule has 6 nitrogen and oxygen atoms in total. The molecule has 1 aromatic carbocycles. The Balaban J connectivity index is 2.21. The Morgan fingerprint density at radius 2 is 2.08 bits per heavy atom. The molecule has 0 saturated carbocycles. The van der Waals surface area contributed by atoms with Gasteiger partial charge in [0.15, 0.2) is 0 Å². The summed E-state index contributed by atoms with van der Waals surface area (Å²) in [6.45, 7) is 3.24. The van der Waals surface area contributed by atoms with Gasteiger partial charge < -0.3 is 19.5 Å². The van der Waals surface area contributed by atoms with Gasteiger partial charge in [-0.2, -0.15) is 0 Å². The first-order valence-electron chi connectivity index (χ1n) is 8.60. The molecule has 138 valence electrons. The minimum atomic E-state index is -0.898. The number of rotatable bonds is 7. The van der Waals surface area contributed by atoms with Gasteiger partial charge in [0, 0.05) is 26.8 Å². The van der Waals surface area contributed by atoms with E-state index in [1.165, 1.54) is 7.11 Å². The molecular formula is C19H27NO5. The number of carbonyl (C=O) groups excluding carboxylic acids is 1. The average Bonchev–Trinajstić information content (AvgIpc) is 2.61. The SMILES string of the molecule is COCCC[C@@]1(C(=O)O)CCCN(C(=O)c2ccc(C)cc2OC)C1. The molecule has 1 N–H and O–H groups in total. The maximum absolute atomic E-state index is 13.0. The van der Waals surface area contributed by atoms with Crippen LogP contribution in [0, 0.1) is 12.3 Å². The fourth-order valence-electron chi connectivity index (χ4n) is 3.49. The van der Waals surface area contributed by atoms with Gasteiger partial charge in [-0.05, 0) is 50.3 Å². The number of aryl methyl sites for hydroxylation is 1. The molecular weight excluding hydrogens is 322 g/mol. The van der Waals surface area contributed by atoms with Crippen molar-refractivity contribution in [1.82, 2.24) is 4.90 Å². The predicted molar refractivity (Wildman–Crippen MR) is 94.0 cm³/mol. The van der Waals surface area contributed by atoms with Gasteiger partial charge in [0.2, 0.25) is 0 Å². The van der Waals surface area contributed by atoms with Gasteiger partial charge >= 0.3 is 5.97 Å². The molecule has 1 atom stereocenters. The third-order valence-electron chi connectivity index (χ3n) is 4.91. The fraction of sp³-hybridized carbons (Fsp3) is 0.579. The number of piperidine rings is 1. The number of ether oxygens (including phenoxy) is 2. The highest BCUT2D eigenvalue weighted by Gasteiger charge is 2.43. The highest BCUT2D eigenvalue weighted by Crippen LogP contribution is 2.36. The number of amides is 1. The zero-order valence-corrected chi connectivity index (χ0v) is 15.2. The van der Waals surface area contributed by atoms with Crippen LogP contribution in [0.15, 0.2) is 18.2 Å². The van der Waals surface area contributed by atoms with Crippen molar-refractivity contribution in [3.63, 3.8) is 0 Å². The summed E-state index contributed by atoms with van der Waals surface area (Å²) < 4.78 is 10.4. The summed E-state index contributed by atoms with van der Waals surface area (Å²) in [7, 11) is 3.14. The lowest BCUT2D eigenvalue weighted by Gasteiger charge is -2.40.